The Hall–Kier alpha value is -2.18. The van der Waals surface area contributed by atoms with Gasteiger partial charge in [-0.3, -0.25) is 0 Å². The number of halogens is 1. The summed E-state index contributed by atoms with van der Waals surface area (Å²) in [6.45, 7) is 3.33. The minimum Gasteiger partial charge on any atom is -0.378 e. The van der Waals surface area contributed by atoms with Gasteiger partial charge in [0.2, 0.25) is 0 Å². The molecule has 3 rings (SSSR count). The molecule has 23 heavy (non-hydrogen) atoms. The van der Waals surface area contributed by atoms with Crippen molar-refractivity contribution in [3.05, 3.63) is 54.3 Å². The third-order valence-electron chi connectivity index (χ3n) is 3.62. The molecule has 2 aromatic carbocycles. The molecule has 1 aliphatic heterocycles. The molecule has 0 spiro atoms. The lowest BCUT2D eigenvalue weighted by Crippen LogP contribution is -2.36. The maximum absolute atomic E-state index is 13.6. The summed E-state index contributed by atoms with van der Waals surface area (Å²) < 4.78 is 18.9. The summed E-state index contributed by atoms with van der Waals surface area (Å²) in [6, 6.07) is 14.4. The Morgan fingerprint density at radius 1 is 1.00 bits per heavy atom. The zero-order chi connectivity index (χ0) is 16.1. The van der Waals surface area contributed by atoms with Gasteiger partial charge in [0, 0.05) is 24.5 Å². The van der Waals surface area contributed by atoms with Crippen LogP contribution in [0.2, 0.25) is 0 Å². The lowest BCUT2D eigenvalue weighted by Gasteiger charge is -2.29. The average Bonchev–Trinajstić information content (AvgIpc) is 2.58. The number of benzene rings is 2. The normalized spacial score (nSPS) is 14.4. The molecule has 1 aliphatic rings. The molecule has 0 atom stereocenters. The Kier molecular flexibility index (Phi) is 5.05. The van der Waals surface area contributed by atoms with Crippen LogP contribution in [-0.4, -0.2) is 31.4 Å². The molecule has 4 nitrogen and oxygen atoms in total. The van der Waals surface area contributed by atoms with Gasteiger partial charge in [0.15, 0.2) is 5.11 Å². The van der Waals surface area contributed by atoms with Gasteiger partial charge in [-0.2, -0.15) is 0 Å². The summed E-state index contributed by atoms with van der Waals surface area (Å²) in [5.74, 6) is -0.334. The Bertz CT molecular complexity index is 672. The molecule has 0 unspecified atom stereocenters. The molecule has 2 N–H and O–H groups in total. The molecule has 0 bridgehead atoms. The summed E-state index contributed by atoms with van der Waals surface area (Å²) >= 11 is 5.22. The fourth-order valence-corrected chi connectivity index (χ4v) is 2.65. The van der Waals surface area contributed by atoms with Crippen molar-refractivity contribution >= 4 is 34.4 Å². The van der Waals surface area contributed by atoms with Gasteiger partial charge in [-0.1, -0.05) is 12.1 Å². The number of hydrogen-bond donors (Lipinski definition) is 2. The molecule has 1 fully saturated rings. The van der Waals surface area contributed by atoms with Crippen LogP contribution in [0, 0.1) is 5.82 Å². The lowest BCUT2D eigenvalue weighted by molar-refractivity contribution is 0.122. The number of nitrogens with zero attached hydrogens (tertiary/aromatic N) is 1. The summed E-state index contributed by atoms with van der Waals surface area (Å²) in [6.07, 6.45) is 0. The van der Waals surface area contributed by atoms with Gasteiger partial charge in [-0.15, -0.1) is 0 Å². The van der Waals surface area contributed by atoms with E-state index in [0.717, 1.165) is 37.7 Å². The first-order valence-corrected chi connectivity index (χ1v) is 7.88. The Morgan fingerprint density at radius 2 is 1.70 bits per heavy atom. The highest BCUT2D eigenvalue weighted by Gasteiger charge is 2.11. The molecule has 1 heterocycles. The zero-order valence-corrected chi connectivity index (χ0v) is 13.4. The Balaban J connectivity index is 1.59. The van der Waals surface area contributed by atoms with E-state index in [1.54, 1.807) is 18.2 Å². The lowest BCUT2D eigenvalue weighted by atomic mass is 10.2. The number of rotatable bonds is 3. The van der Waals surface area contributed by atoms with E-state index < -0.39 is 0 Å². The predicted molar refractivity (Wildman–Crippen MR) is 95.7 cm³/mol. The summed E-state index contributed by atoms with van der Waals surface area (Å²) in [5.41, 5.74) is 2.37. The second-order valence-corrected chi connectivity index (χ2v) is 5.61. The van der Waals surface area contributed by atoms with E-state index in [-0.39, 0.29) is 5.82 Å². The van der Waals surface area contributed by atoms with Gasteiger partial charge in [0.25, 0.3) is 0 Å². The van der Waals surface area contributed by atoms with Crippen LogP contribution in [0.25, 0.3) is 0 Å². The van der Waals surface area contributed by atoms with Crippen molar-refractivity contribution in [3.63, 3.8) is 0 Å². The molecule has 0 saturated carbocycles. The Labute approximate surface area is 140 Å². The number of anilines is 3. The standard InChI is InChI=1S/C17H18FN3OS/c18-15-3-1-2-4-16(15)20-17(23)19-13-5-7-14(8-6-13)21-9-11-22-12-10-21/h1-8H,9-12H2,(H2,19,20,23). The van der Waals surface area contributed by atoms with E-state index in [2.05, 4.69) is 15.5 Å². The third kappa shape index (κ3) is 4.18. The maximum atomic E-state index is 13.6. The monoisotopic (exact) mass is 331 g/mol. The van der Waals surface area contributed by atoms with E-state index in [1.165, 1.54) is 6.07 Å². The van der Waals surface area contributed by atoms with Gasteiger partial charge in [-0.05, 0) is 48.6 Å². The number of hydrogen-bond acceptors (Lipinski definition) is 3. The molecule has 120 valence electrons. The molecule has 0 amide bonds. The number of nitrogens with one attached hydrogen (secondary N) is 2. The summed E-state index contributed by atoms with van der Waals surface area (Å²) in [5, 5.41) is 6.27. The zero-order valence-electron chi connectivity index (χ0n) is 12.6. The molecule has 1 saturated heterocycles. The fraction of sp³-hybridized carbons (Fsp3) is 0.235. The van der Waals surface area contributed by atoms with Crippen LogP contribution >= 0.6 is 12.2 Å². The van der Waals surface area contributed by atoms with Crippen LogP contribution in [0.4, 0.5) is 21.5 Å². The quantitative estimate of drug-likeness (QED) is 0.842. The van der Waals surface area contributed by atoms with Crippen LogP contribution in [0.5, 0.6) is 0 Å². The van der Waals surface area contributed by atoms with Crippen LogP contribution < -0.4 is 15.5 Å². The number of ether oxygens (including phenoxy) is 1. The fourth-order valence-electron chi connectivity index (χ4n) is 2.42. The van der Waals surface area contributed by atoms with E-state index >= 15 is 0 Å². The van der Waals surface area contributed by atoms with Crippen molar-refractivity contribution < 1.29 is 9.13 Å². The van der Waals surface area contributed by atoms with Gasteiger partial charge in [-0.25, -0.2) is 4.39 Å². The molecule has 6 heteroatoms. The summed E-state index contributed by atoms with van der Waals surface area (Å²) in [7, 11) is 0. The van der Waals surface area contributed by atoms with Gasteiger partial charge in [0.05, 0.1) is 18.9 Å². The van der Waals surface area contributed by atoms with Crippen LogP contribution in [0.1, 0.15) is 0 Å². The molecule has 0 aromatic heterocycles. The Morgan fingerprint density at radius 3 is 2.39 bits per heavy atom. The molecule has 0 radical (unpaired) electrons. The predicted octanol–water partition coefficient (Wildman–Crippen LogP) is 3.47. The van der Waals surface area contributed by atoms with E-state index in [4.69, 9.17) is 17.0 Å². The van der Waals surface area contributed by atoms with Gasteiger partial charge >= 0.3 is 0 Å². The van der Waals surface area contributed by atoms with Crippen LogP contribution in [-0.2, 0) is 4.74 Å². The van der Waals surface area contributed by atoms with Crippen molar-refractivity contribution in [1.29, 1.82) is 0 Å². The van der Waals surface area contributed by atoms with Crippen molar-refractivity contribution in [2.24, 2.45) is 0 Å². The highest BCUT2D eigenvalue weighted by Crippen LogP contribution is 2.19. The van der Waals surface area contributed by atoms with E-state index in [1.807, 2.05) is 24.3 Å². The first kappa shape index (κ1) is 15.7. The largest absolute Gasteiger partial charge is 0.378 e. The third-order valence-corrected chi connectivity index (χ3v) is 3.83. The second-order valence-electron chi connectivity index (χ2n) is 5.21. The second kappa shape index (κ2) is 7.39. The highest BCUT2D eigenvalue weighted by molar-refractivity contribution is 7.80. The van der Waals surface area contributed by atoms with Crippen molar-refractivity contribution in [2.75, 3.05) is 41.8 Å². The van der Waals surface area contributed by atoms with Crippen LogP contribution in [0.15, 0.2) is 48.5 Å². The molecular weight excluding hydrogens is 313 g/mol. The van der Waals surface area contributed by atoms with E-state index in [9.17, 15) is 4.39 Å². The smallest absolute Gasteiger partial charge is 0.175 e. The molecule has 0 aliphatic carbocycles. The number of para-hydroxylation sites is 1. The van der Waals surface area contributed by atoms with Crippen molar-refractivity contribution in [2.45, 2.75) is 0 Å². The van der Waals surface area contributed by atoms with Crippen molar-refractivity contribution in [1.82, 2.24) is 0 Å². The average molecular weight is 331 g/mol. The van der Waals surface area contributed by atoms with Gasteiger partial charge in [0.1, 0.15) is 5.82 Å². The molecule has 2 aromatic rings. The van der Waals surface area contributed by atoms with E-state index in [0.29, 0.717) is 10.8 Å². The van der Waals surface area contributed by atoms with Crippen LogP contribution in [0.3, 0.4) is 0 Å². The van der Waals surface area contributed by atoms with Crippen molar-refractivity contribution in [3.8, 4) is 0 Å². The van der Waals surface area contributed by atoms with Gasteiger partial charge < -0.3 is 20.3 Å². The minimum atomic E-state index is -0.334. The maximum Gasteiger partial charge on any atom is 0.175 e. The number of thiocarbonyl (C=S) groups is 1. The SMILES string of the molecule is Fc1ccccc1NC(=S)Nc1ccc(N2CCOCC2)cc1. The number of morpholine rings is 1. The highest BCUT2D eigenvalue weighted by atomic mass is 32.1. The minimum absolute atomic E-state index is 0.334. The topological polar surface area (TPSA) is 36.5 Å². The molecular formula is C17H18FN3OS. The first-order chi connectivity index (χ1) is 11.2. The summed E-state index contributed by atoms with van der Waals surface area (Å²) in [4.78, 5) is 2.28. The first-order valence-electron chi connectivity index (χ1n) is 7.48.